The Bertz CT molecular complexity index is 587. The molecule has 0 bridgehead atoms. The second-order valence-electron chi connectivity index (χ2n) is 4.18. The van der Waals surface area contributed by atoms with E-state index >= 15 is 0 Å². The number of aryl methyl sites for hydroxylation is 1. The van der Waals surface area contributed by atoms with Gasteiger partial charge < -0.3 is 10.5 Å². The highest BCUT2D eigenvalue weighted by molar-refractivity contribution is 14.1. The number of nitrogen functional groups attached to an aromatic ring is 1. The monoisotopic (exact) mass is 369 g/mol. The fraction of sp³-hybridized carbons (Fsp3) is 0.286. The molecule has 0 unspecified atom stereocenters. The van der Waals surface area contributed by atoms with Crippen molar-refractivity contribution in [3.63, 3.8) is 0 Å². The first-order valence-corrected chi connectivity index (χ1v) is 7.20. The van der Waals surface area contributed by atoms with Crippen LogP contribution in [0.1, 0.15) is 19.0 Å². The molecule has 100 valence electrons. The molecule has 0 radical (unpaired) electrons. The summed E-state index contributed by atoms with van der Waals surface area (Å²) in [6, 6.07) is 7.69. The van der Waals surface area contributed by atoms with Crippen molar-refractivity contribution in [2.24, 2.45) is 0 Å². The highest BCUT2D eigenvalue weighted by Gasteiger charge is 2.11. The summed E-state index contributed by atoms with van der Waals surface area (Å²) >= 11 is 2.20. The number of benzene rings is 1. The third kappa shape index (κ3) is 3.15. The normalized spacial score (nSPS) is 10.5. The van der Waals surface area contributed by atoms with Gasteiger partial charge in [-0.05, 0) is 41.1 Å². The number of nitrogens with two attached hydrogens (primary N) is 1. The second kappa shape index (κ2) is 6.18. The number of aromatic nitrogens is 2. The van der Waals surface area contributed by atoms with Gasteiger partial charge in [-0.3, -0.25) is 0 Å². The van der Waals surface area contributed by atoms with Crippen LogP contribution in [0, 0.1) is 3.57 Å². The molecule has 0 saturated carbocycles. The maximum absolute atomic E-state index is 5.97. The Kier molecular flexibility index (Phi) is 4.57. The van der Waals surface area contributed by atoms with Crippen molar-refractivity contribution in [1.82, 2.24) is 9.97 Å². The Hall–Kier alpha value is -1.37. The first-order chi connectivity index (χ1) is 9.15. The van der Waals surface area contributed by atoms with Gasteiger partial charge in [-0.25, -0.2) is 9.97 Å². The van der Waals surface area contributed by atoms with E-state index in [1.165, 1.54) is 0 Å². The largest absolute Gasteiger partial charge is 0.497 e. The van der Waals surface area contributed by atoms with Gasteiger partial charge in [0.1, 0.15) is 11.6 Å². The highest BCUT2D eigenvalue weighted by atomic mass is 127. The number of halogens is 1. The summed E-state index contributed by atoms with van der Waals surface area (Å²) < 4.78 is 6.17. The van der Waals surface area contributed by atoms with E-state index in [0.717, 1.165) is 33.4 Å². The number of ether oxygens (including phenoxy) is 1. The molecule has 1 aromatic carbocycles. The maximum Gasteiger partial charge on any atom is 0.161 e. The van der Waals surface area contributed by atoms with Crippen LogP contribution in [0.2, 0.25) is 0 Å². The summed E-state index contributed by atoms with van der Waals surface area (Å²) in [5.41, 5.74) is 7.89. The zero-order valence-electron chi connectivity index (χ0n) is 11.0. The fourth-order valence-corrected chi connectivity index (χ4v) is 2.32. The van der Waals surface area contributed by atoms with E-state index in [0.29, 0.717) is 11.6 Å². The number of hydrogen-bond donors (Lipinski definition) is 1. The topological polar surface area (TPSA) is 61.0 Å². The summed E-state index contributed by atoms with van der Waals surface area (Å²) in [5.74, 6) is 1.98. The smallest absolute Gasteiger partial charge is 0.161 e. The zero-order chi connectivity index (χ0) is 13.8. The summed E-state index contributed by atoms with van der Waals surface area (Å²) in [7, 11) is 1.64. The van der Waals surface area contributed by atoms with E-state index in [1.807, 2.05) is 24.3 Å². The first kappa shape index (κ1) is 14.0. The molecular weight excluding hydrogens is 353 g/mol. The van der Waals surface area contributed by atoms with Gasteiger partial charge in [0, 0.05) is 5.56 Å². The molecule has 4 nitrogen and oxygen atoms in total. The van der Waals surface area contributed by atoms with Crippen LogP contribution >= 0.6 is 22.6 Å². The van der Waals surface area contributed by atoms with E-state index in [1.54, 1.807) is 7.11 Å². The number of hydrogen-bond acceptors (Lipinski definition) is 4. The lowest BCUT2D eigenvalue weighted by Crippen LogP contribution is -2.05. The van der Waals surface area contributed by atoms with E-state index in [4.69, 9.17) is 10.5 Å². The fourth-order valence-electron chi connectivity index (χ4n) is 1.81. The van der Waals surface area contributed by atoms with Crippen LogP contribution in [0.3, 0.4) is 0 Å². The first-order valence-electron chi connectivity index (χ1n) is 6.12. The number of nitrogens with zero attached hydrogens (tertiary/aromatic N) is 2. The van der Waals surface area contributed by atoms with E-state index in [-0.39, 0.29) is 0 Å². The van der Waals surface area contributed by atoms with Crippen molar-refractivity contribution >= 4 is 28.4 Å². The molecule has 1 heterocycles. The van der Waals surface area contributed by atoms with Crippen molar-refractivity contribution in [3.8, 4) is 17.1 Å². The molecule has 1 aromatic heterocycles. The average molecular weight is 369 g/mol. The van der Waals surface area contributed by atoms with E-state index in [2.05, 4.69) is 39.5 Å². The van der Waals surface area contributed by atoms with Crippen molar-refractivity contribution in [1.29, 1.82) is 0 Å². The summed E-state index contributed by atoms with van der Waals surface area (Å²) in [6.45, 7) is 2.12. The Morgan fingerprint density at radius 3 is 2.79 bits per heavy atom. The maximum atomic E-state index is 5.97. The Morgan fingerprint density at radius 2 is 2.11 bits per heavy atom. The predicted molar refractivity (Wildman–Crippen MR) is 85.1 cm³/mol. The van der Waals surface area contributed by atoms with Crippen LogP contribution in [0.5, 0.6) is 5.75 Å². The van der Waals surface area contributed by atoms with E-state index < -0.39 is 0 Å². The quantitative estimate of drug-likeness (QED) is 0.841. The molecule has 2 N–H and O–H groups in total. The van der Waals surface area contributed by atoms with Gasteiger partial charge in [0.05, 0.1) is 16.4 Å². The minimum Gasteiger partial charge on any atom is -0.497 e. The molecule has 0 atom stereocenters. The molecule has 0 spiro atoms. The molecule has 19 heavy (non-hydrogen) atoms. The minimum atomic E-state index is 0.539. The van der Waals surface area contributed by atoms with Crippen LogP contribution < -0.4 is 10.5 Å². The summed E-state index contributed by atoms with van der Waals surface area (Å²) in [4.78, 5) is 8.98. The molecule has 0 aliphatic heterocycles. The lowest BCUT2D eigenvalue weighted by atomic mass is 10.2. The van der Waals surface area contributed by atoms with E-state index in [9.17, 15) is 0 Å². The Morgan fingerprint density at radius 1 is 1.32 bits per heavy atom. The second-order valence-corrected chi connectivity index (χ2v) is 5.25. The molecule has 2 aromatic rings. The van der Waals surface area contributed by atoms with Gasteiger partial charge in [-0.15, -0.1) is 0 Å². The van der Waals surface area contributed by atoms with Crippen molar-refractivity contribution in [2.75, 3.05) is 12.8 Å². The van der Waals surface area contributed by atoms with Crippen LogP contribution in [0.25, 0.3) is 11.4 Å². The highest BCUT2D eigenvalue weighted by Crippen LogP contribution is 2.25. The van der Waals surface area contributed by atoms with Gasteiger partial charge in [0.15, 0.2) is 5.82 Å². The van der Waals surface area contributed by atoms with Crippen LogP contribution in [0.4, 0.5) is 5.82 Å². The summed E-state index contributed by atoms with van der Waals surface area (Å²) in [6.07, 6.45) is 1.94. The molecular formula is C14H16IN3O. The third-order valence-corrected chi connectivity index (χ3v) is 3.94. The van der Waals surface area contributed by atoms with Gasteiger partial charge in [-0.2, -0.15) is 0 Å². The standard InChI is InChI=1S/C14H16IN3O/c1-3-5-11-12(15)13(16)18-14(17-11)9-6-4-7-10(8-9)19-2/h4,6-8H,3,5H2,1-2H3,(H2,16,17,18). The molecule has 0 aliphatic carbocycles. The minimum absolute atomic E-state index is 0.539. The lowest BCUT2D eigenvalue weighted by Gasteiger charge is -2.09. The SMILES string of the molecule is CCCc1nc(-c2cccc(OC)c2)nc(N)c1I. The van der Waals surface area contributed by atoms with Crippen LogP contribution in [-0.4, -0.2) is 17.1 Å². The molecule has 2 rings (SSSR count). The molecule has 0 saturated heterocycles. The Labute approximate surface area is 126 Å². The van der Waals surface area contributed by atoms with Gasteiger partial charge in [0.25, 0.3) is 0 Å². The van der Waals surface area contributed by atoms with Gasteiger partial charge >= 0.3 is 0 Å². The Balaban J connectivity index is 2.49. The molecule has 0 aliphatic rings. The molecule has 0 fully saturated rings. The summed E-state index contributed by atoms with van der Waals surface area (Å²) in [5, 5.41) is 0. The number of rotatable bonds is 4. The van der Waals surface area contributed by atoms with Crippen molar-refractivity contribution in [3.05, 3.63) is 33.5 Å². The zero-order valence-corrected chi connectivity index (χ0v) is 13.1. The molecule has 5 heteroatoms. The number of anilines is 1. The third-order valence-electron chi connectivity index (χ3n) is 2.76. The predicted octanol–water partition coefficient (Wildman–Crippen LogP) is 3.29. The van der Waals surface area contributed by atoms with Crippen molar-refractivity contribution in [2.45, 2.75) is 19.8 Å². The van der Waals surface area contributed by atoms with Gasteiger partial charge in [0.2, 0.25) is 0 Å². The van der Waals surface area contributed by atoms with Crippen molar-refractivity contribution < 1.29 is 4.74 Å². The van der Waals surface area contributed by atoms with Crippen LogP contribution in [-0.2, 0) is 6.42 Å². The van der Waals surface area contributed by atoms with Crippen LogP contribution in [0.15, 0.2) is 24.3 Å². The average Bonchev–Trinajstić information content (AvgIpc) is 2.44. The van der Waals surface area contributed by atoms with Gasteiger partial charge in [-0.1, -0.05) is 25.5 Å². The molecule has 0 amide bonds. The number of methoxy groups -OCH3 is 1. The lowest BCUT2D eigenvalue weighted by molar-refractivity contribution is 0.415.